The Balaban J connectivity index is 3.11. The zero-order chi connectivity index (χ0) is 6.62. The summed E-state index contributed by atoms with van der Waals surface area (Å²) >= 11 is 0. The molecule has 0 aromatic carbocycles. The fraction of sp³-hybridized carbons (Fsp3) is 1.00. The van der Waals surface area contributed by atoms with E-state index in [0.29, 0.717) is 13.0 Å². The largest absolute Gasteiger partial charge is 0.403 e. The molecule has 0 fully saturated rings. The third kappa shape index (κ3) is 6.27. The summed E-state index contributed by atoms with van der Waals surface area (Å²) in [4.78, 5) is 24.9. The molecule has 0 aliphatic heterocycles. The molecule has 5 N–H and O–H groups in total. The van der Waals surface area contributed by atoms with E-state index in [9.17, 15) is 0 Å². The van der Waals surface area contributed by atoms with E-state index in [-0.39, 0.29) is 6.16 Å². The first-order chi connectivity index (χ1) is 3.56. The highest BCUT2D eigenvalue weighted by Gasteiger charge is 2.27. The molecule has 0 aliphatic carbocycles. The van der Waals surface area contributed by atoms with E-state index in [1.807, 2.05) is 0 Å². The monoisotopic (exact) mass is 140 g/mol. The molecule has 8 heavy (non-hydrogen) atoms. The summed E-state index contributed by atoms with van der Waals surface area (Å²) in [5.74, 6) is 0. The van der Waals surface area contributed by atoms with Crippen molar-refractivity contribution in [2.45, 2.75) is 6.42 Å². The van der Waals surface area contributed by atoms with Crippen molar-refractivity contribution in [2.75, 3.05) is 12.7 Å². The highest BCUT2D eigenvalue weighted by Crippen LogP contribution is 2.44. The van der Waals surface area contributed by atoms with Gasteiger partial charge in [-0.05, 0) is 6.54 Å². The third-order valence-electron chi connectivity index (χ3n) is 0.662. The minimum Gasteiger partial charge on any atom is -0.330 e. The van der Waals surface area contributed by atoms with Gasteiger partial charge in [-0.1, -0.05) is 0 Å². The Kier molecular flexibility index (Phi) is 3.44. The molecule has 0 aliphatic rings. The zero-order valence-electron chi connectivity index (χ0n) is 4.49. The molecule has 0 rings (SSSR count). The summed E-state index contributed by atoms with van der Waals surface area (Å²) in [6.45, 7) is 0.378. The lowest BCUT2D eigenvalue weighted by molar-refractivity contribution is 0.329. The molecule has 0 bridgehead atoms. The second-order valence-electron chi connectivity index (χ2n) is 1.56. The third-order valence-corrected chi connectivity index (χ3v) is 1.58. The molecule has 50 valence electrons. The Morgan fingerprint density at radius 2 is 1.75 bits per heavy atom. The molecule has 0 aromatic rings. The van der Waals surface area contributed by atoms with Crippen LogP contribution in [0.25, 0.3) is 0 Å². The quantitative estimate of drug-likeness (QED) is 0.381. The van der Waals surface area contributed by atoms with Crippen molar-refractivity contribution >= 4 is 7.94 Å². The first-order valence-corrected chi connectivity index (χ1v) is 4.16. The van der Waals surface area contributed by atoms with Gasteiger partial charge in [-0.15, -0.1) is 0 Å². The summed E-state index contributed by atoms with van der Waals surface area (Å²) < 4.78 is 0. The fourth-order valence-corrected chi connectivity index (χ4v) is 0.910. The van der Waals surface area contributed by atoms with Crippen LogP contribution in [0, 0.1) is 0 Å². The lowest BCUT2D eigenvalue weighted by Crippen LogP contribution is -2.04. The second-order valence-corrected chi connectivity index (χ2v) is 3.39. The highest BCUT2D eigenvalue weighted by molar-refractivity contribution is 7.58. The molecular weight excluding hydrogens is 129 g/mol. The molecule has 0 atom stereocenters. The Morgan fingerprint density at radius 3 is 1.88 bits per heavy atom. The van der Waals surface area contributed by atoms with Crippen LogP contribution >= 0.6 is 7.94 Å². The summed E-state index contributed by atoms with van der Waals surface area (Å²) in [5, 5.41) is 0. The van der Waals surface area contributed by atoms with Gasteiger partial charge < -0.3 is 5.73 Å². The summed E-state index contributed by atoms with van der Waals surface area (Å²) in [5.41, 5.74) is 5.02. The van der Waals surface area contributed by atoms with Crippen molar-refractivity contribution in [2.24, 2.45) is 5.73 Å². The molecular formula is C3H11NO3P+. The van der Waals surface area contributed by atoms with Crippen LogP contribution in [0.1, 0.15) is 6.42 Å². The maximum Gasteiger partial charge on any atom is 0.403 e. The van der Waals surface area contributed by atoms with Gasteiger partial charge in [0.1, 0.15) is 6.16 Å². The first-order valence-electron chi connectivity index (χ1n) is 2.32. The number of hydrogen-bond acceptors (Lipinski definition) is 4. The normalized spacial score (nSPS) is 12.0. The predicted molar refractivity (Wildman–Crippen MR) is 32.1 cm³/mol. The van der Waals surface area contributed by atoms with Crippen molar-refractivity contribution in [3.05, 3.63) is 0 Å². The van der Waals surface area contributed by atoms with Gasteiger partial charge in [0.25, 0.3) is 0 Å². The highest BCUT2D eigenvalue weighted by atomic mass is 31.2. The van der Waals surface area contributed by atoms with Crippen LogP contribution in [0.15, 0.2) is 0 Å². The van der Waals surface area contributed by atoms with Crippen LogP contribution in [-0.2, 0) is 0 Å². The molecule has 0 amide bonds. The molecule has 0 aromatic heterocycles. The number of nitrogens with two attached hydrogens (primary N) is 1. The van der Waals surface area contributed by atoms with Crippen LogP contribution in [-0.4, -0.2) is 27.4 Å². The van der Waals surface area contributed by atoms with E-state index < -0.39 is 7.94 Å². The van der Waals surface area contributed by atoms with Gasteiger partial charge >= 0.3 is 7.94 Å². The van der Waals surface area contributed by atoms with Crippen molar-refractivity contribution in [3.63, 3.8) is 0 Å². The molecule has 0 radical (unpaired) electrons. The van der Waals surface area contributed by atoms with E-state index in [1.54, 1.807) is 0 Å². The topological polar surface area (TPSA) is 86.7 Å². The van der Waals surface area contributed by atoms with E-state index in [4.69, 9.17) is 20.4 Å². The summed E-state index contributed by atoms with van der Waals surface area (Å²) in [6, 6.07) is 0. The number of hydrogen-bond donors (Lipinski definition) is 4. The number of rotatable bonds is 3. The first kappa shape index (κ1) is 8.27. The molecule has 5 heteroatoms. The predicted octanol–water partition coefficient (Wildman–Crippen LogP) is -0.925. The van der Waals surface area contributed by atoms with Gasteiger partial charge in [0.15, 0.2) is 0 Å². The van der Waals surface area contributed by atoms with Crippen LogP contribution < -0.4 is 5.73 Å². The molecule has 4 nitrogen and oxygen atoms in total. The smallest absolute Gasteiger partial charge is 0.330 e. The van der Waals surface area contributed by atoms with E-state index >= 15 is 0 Å². The van der Waals surface area contributed by atoms with Gasteiger partial charge in [0.05, 0.1) is 0 Å². The van der Waals surface area contributed by atoms with Crippen molar-refractivity contribution < 1.29 is 14.7 Å². The van der Waals surface area contributed by atoms with E-state index in [2.05, 4.69) is 0 Å². The van der Waals surface area contributed by atoms with Crippen LogP contribution in [0.3, 0.4) is 0 Å². The lowest BCUT2D eigenvalue weighted by Gasteiger charge is -2.00. The average Bonchev–Trinajstić information content (AvgIpc) is 1.59. The minimum atomic E-state index is -3.51. The zero-order valence-corrected chi connectivity index (χ0v) is 5.38. The maximum absolute atomic E-state index is 8.32. The van der Waals surface area contributed by atoms with Crippen LogP contribution in [0.5, 0.6) is 0 Å². The second kappa shape index (κ2) is 3.33. The Labute approximate surface area is 48.5 Å². The van der Waals surface area contributed by atoms with Gasteiger partial charge in [-0.25, -0.2) is 0 Å². The van der Waals surface area contributed by atoms with Crippen LogP contribution in [0.2, 0.25) is 0 Å². The van der Waals surface area contributed by atoms with Gasteiger partial charge in [0.2, 0.25) is 0 Å². The van der Waals surface area contributed by atoms with Gasteiger partial charge in [-0.3, -0.25) is 0 Å². The maximum atomic E-state index is 8.32. The van der Waals surface area contributed by atoms with Crippen molar-refractivity contribution in [1.29, 1.82) is 0 Å². The van der Waals surface area contributed by atoms with Crippen molar-refractivity contribution in [1.82, 2.24) is 0 Å². The van der Waals surface area contributed by atoms with Gasteiger partial charge in [0, 0.05) is 6.42 Å². The SMILES string of the molecule is NCCC[P+](O)(O)O. The van der Waals surface area contributed by atoms with Crippen LogP contribution in [0.4, 0.5) is 0 Å². The fourth-order valence-electron chi connectivity index (χ4n) is 0.303. The van der Waals surface area contributed by atoms with E-state index in [1.165, 1.54) is 0 Å². The standard InChI is InChI=1S/C3H11NO3P/c4-2-1-3-8(5,6)7/h5-7H,1-4H2/q+1. The van der Waals surface area contributed by atoms with Gasteiger partial charge in [-0.2, -0.15) is 14.7 Å². The molecule has 0 saturated carbocycles. The average molecular weight is 140 g/mol. The Hall–Kier alpha value is 0.270. The Bertz CT molecular complexity index is 62.0. The molecule has 0 saturated heterocycles. The van der Waals surface area contributed by atoms with E-state index in [0.717, 1.165) is 0 Å². The molecule has 0 heterocycles. The lowest BCUT2D eigenvalue weighted by atomic mass is 10.5. The minimum absolute atomic E-state index is 0.0174. The van der Waals surface area contributed by atoms with Crippen molar-refractivity contribution in [3.8, 4) is 0 Å². The Morgan fingerprint density at radius 1 is 1.25 bits per heavy atom. The summed E-state index contributed by atoms with van der Waals surface area (Å²) in [7, 11) is -3.51. The molecule has 0 spiro atoms. The summed E-state index contributed by atoms with van der Waals surface area (Å²) in [6.07, 6.45) is 0.473. The molecule has 0 unspecified atom stereocenters.